The second-order valence-electron chi connectivity index (χ2n) is 10.2. The summed E-state index contributed by atoms with van der Waals surface area (Å²) in [4.78, 5) is 19.9. The number of nitrogen functional groups attached to an aromatic ring is 2. The van der Waals surface area contributed by atoms with E-state index in [-0.39, 0.29) is 34.8 Å². The van der Waals surface area contributed by atoms with E-state index in [9.17, 15) is 18.0 Å². The van der Waals surface area contributed by atoms with E-state index in [1.54, 1.807) is 13.0 Å². The summed E-state index contributed by atoms with van der Waals surface area (Å²) in [6, 6.07) is 2.85. The summed E-state index contributed by atoms with van der Waals surface area (Å²) in [5.41, 5.74) is 13.4. The van der Waals surface area contributed by atoms with Gasteiger partial charge in [-0.15, -0.1) is 0 Å². The lowest BCUT2D eigenvalue weighted by Crippen LogP contribution is -2.37. The quantitative estimate of drug-likeness (QED) is 0.371. The van der Waals surface area contributed by atoms with Crippen molar-refractivity contribution in [1.29, 1.82) is 0 Å². The highest BCUT2D eigenvalue weighted by Crippen LogP contribution is 2.46. The minimum atomic E-state index is -4.48. The number of pyridine rings is 2. The molecule has 0 aromatic carbocycles. The van der Waals surface area contributed by atoms with Crippen LogP contribution in [0, 0.1) is 5.41 Å². The molecule has 38 heavy (non-hydrogen) atoms. The molecule has 2 heterocycles. The molecule has 2 saturated carbocycles. The average Bonchev–Trinajstić information content (AvgIpc) is 3.62. The first kappa shape index (κ1) is 29.5. The second kappa shape index (κ2) is 12.2. The van der Waals surface area contributed by atoms with Crippen molar-refractivity contribution in [2.24, 2.45) is 5.41 Å². The number of carbonyl (C=O) groups is 1. The number of rotatable bonds is 9. The van der Waals surface area contributed by atoms with E-state index in [1.165, 1.54) is 6.20 Å². The van der Waals surface area contributed by atoms with Crippen LogP contribution >= 0.6 is 0 Å². The lowest BCUT2D eigenvalue weighted by atomic mass is 9.86. The monoisotopic (exact) mass is 537 g/mol. The molecule has 2 aromatic heterocycles. The number of ether oxygens (including phenoxy) is 1. The Morgan fingerprint density at radius 2 is 1.84 bits per heavy atom. The van der Waals surface area contributed by atoms with E-state index in [0.29, 0.717) is 36.8 Å². The molecule has 0 spiro atoms. The van der Waals surface area contributed by atoms with Gasteiger partial charge in [-0.05, 0) is 44.7 Å². The molecular formula is C27H38F3N5O3. The van der Waals surface area contributed by atoms with Gasteiger partial charge in [0.25, 0.3) is 0 Å². The van der Waals surface area contributed by atoms with Gasteiger partial charge in [-0.3, -0.25) is 9.78 Å². The van der Waals surface area contributed by atoms with Crippen LogP contribution in [-0.2, 0) is 15.7 Å². The van der Waals surface area contributed by atoms with Crippen molar-refractivity contribution in [3.05, 3.63) is 29.6 Å². The number of aromatic nitrogens is 2. The molecule has 2 aliphatic rings. The van der Waals surface area contributed by atoms with Gasteiger partial charge in [0.1, 0.15) is 5.82 Å². The number of hydrogen-bond donors (Lipinski definition) is 3. The standard InChI is InChI=1S/C24H32F3N5O.C3H6O2/c1-3-33-14-23(8-4-5-9-23)13-32(2)19-11-18(31-22(29)20(19)28)16-10-17(24(25,26)27)21(30-12-16)15-6-7-15;1-2-3(4)5/h10-12,15H,3-9,13-14,28H2,1-2H3,(H2,29,31);2H2,1H3,(H,4,5). The Morgan fingerprint density at radius 3 is 2.37 bits per heavy atom. The maximum absolute atomic E-state index is 13.7. The fraction of sp³-hybridized carbons (Fsp3) is 0.593. The second-order valence-corrected chi connectivity index (χ2v) is 10.2. The van der Waals surface area contributed by atoms with Crippen molar-refractivity contribution in [3.63, 3.8) is 0 Å². The predicted molar refractivity (Wildman–Crippen MR) is 142 cm³/mol. The maximum atomic E-state index is 13.7. The van der Waals surface area contributed by atoms with E-state index < -0.39 is 17.7 Å². The van der Waals surface area contributed by atoms with Crippen molar-refractivity contribution < 1.29 is 27.8 Å². The Bertz CT molecular complexity index is 1120. The Morgan fingerprint density at radius 1 is 1.21 bits per heavy atom. The number of nitrogens with zero attached hydrogens (tertiary/aromatic N) is 3. The van der Waals surface area contributed by atoms with Gasteiger partial charge in [0.2, 0.25) is 0 Å². The zero-order valence-electron chi connectivity index (χ0n) is 22.3. The zero-order chi connectivity index (χ0) is 28.1. The van der Waals surface area contributed by atoms with Gasteiger partial charge < -0.3 is 26.2 Å². The van der Waals surface area contributed by atoms with E-state index in [2.05, 4.69) is 9.97 Å². The van der Waals surface area contributed by atoms with Crippen molar-refractivity contribution in [3.8, 4) is 11.3 Å². The van der Waals surface area contributed by atoms with Crippen LogP contribution in [0.2, 0.25) is 0 Å². The highest BCUT2D eigenvalue weighted by Gasteiger charge is 2.40. The van der Waals surface area contributed by atoms with Crippen LogP contribution in [0.1, 0.15) is 76.0 Å². The molecule has 0 aliphatic heterocycles. The van der Waals surface area contributed by atoms with Crippen molar-refractivity contribution >= 4 is 23.2 Å². The number of anilines is 3. The minimum absolute atomic E-state index is 0.0202. The largest absolute Gasteiger partial charge is 0.481 e. The fourth-order valence-corrected chi connectivity index (χ4v) is 4.93. The molecule has 2 aromatic rings. The Labute approximate surface area is 221 Å². The number of carboxylic acids is 1. The summed E-state index contributed by atoms with van der Waals surface area (Å²) < 4.78 is 47.0. The third-order valence-corrected chi connectivity index (χ3v) is 7.11. The number of halogens is 3. The van der Waals surface area contributed by atoms with Crippen molar-refractivity contribution in [1.82, 2.24) is 9.97 Å². The lowest BCUT2D eigenvalue weighted by Gasteiger charge is -2.35. The van der Waals surface area contributed by atoms with Crippen molar-refractivity contribution in [2.45, 2.75) is 70.9 Å². The first-order chi connectivity index (χ1) is 17.9. The highest BCUT2D eigenvalue weighted by molar-refractivity contribution is 5.82. The summed E-state index contributed by atoms with van der Waals surface area (Å²) >= 11 is 0. The first-order valence-corrected chi connectivity index (χ1v) is 13.0. The van der Waals surface area contributed by atoms with Crippen LogP contribution < -0.4 is 16.4 Å². The van der Waals surface area contributed by atoms with E-state index >= 15 is 0 Å². The summed E-state index contributed by atoms with van der Waals surface area (Å²) in [7, 11) is 1.93. The summed E-state index contributed by atoms with van der Waals surface area (Å²) in [6.45, 7) is 5.63. The number of carboxylic acid groups (broad SMARTS) is 1. The fourth-order valence-electron chi connectivity index (χ4n) is 4.93. The molecule has 5 N–H and O–H groups in total. The molecule has 0 atom stereocenters. The van der Waals surface area contributed by atoms with E-state index in [0.717, 1.165) is 44.6 Å². The van der Waals surface area contributed by atoms with Gasteiger partial charge in [0, 0.05) is 49.7 Å². The molecule has 8 nitrogen and oxygen atoms in total. The normalized spacial score (nSPS) is 16.6. The van der Waals surface area contributed by atoms with E-state index in [1.807, 2.05) is 18.9 Å². The van der Waals surface area contributed by atoms with Gasteiger partial charge in [0.05, 0.1) is 34.9 Å². The number of nitrogens with two attached hydrogens (primary N) is 2. The van der Waals surface area contributed by atoms with Gasteiger partial charge in [-0.2, -0.15) is 13.2 Å². The lowest BCUT2D eigenvalue weighted by molar-refractivity contribution is -0.138. The van der Waals surface area contributed by atoms with Crippen LogP contribution in [0.25, 0.3) is 11.3 Å². The molecule has 11 heteroatoms. The molecule has 0 unspecified atom stereocenters. The Balaban J connectivity index is 0.000000732. The number of aliphatic carboxylic acids is 1. The van der Waals surface area contributed by atoms with Crippen molar-refractivity contribution in [2.75, 3.05) is 43.2 Å². The SMILES string of the molecule is CCC(=O)O.CCOCC1(CN(C)c2cc(-c3cnc(C4CC4)c(C(F)(F)F)c3)nc(N)c2N)CCCC1. The van der Waals surface area contributed by atoms with Crippen LogP contribution in [0.5, 0.6) is 0 Å². The molecule has 0 radical (unpaired) electrons. The Kier molecular flexibility index (Phi) is 9.45. The average molecular weight is 538 g/mol. The number of alkyl halides is 3. The molecule has 0 bridgehead atoms. The minimum Gasteiger partial charge on any atom is -0.481 e. The van der Waals surface area contributed by atoms with Gasteiger partial charge in [0.15, 0.2) is 0 Å². The summed E-state index contributed by atoms with van der Waals surface area (Å²) in [6.07, 6.45) is 3.10. The zero-order valence-corrected chi connectivity index (χ0v) is 22.3. The highest BCUT2D eigenvalue weighted by atomic mass is 19.4. The molecule has 2 aliphatic carbocycles. The van der Waals surface area contributed by atoms with Crippen LogP contribution in [0.15, 0.2) is 18.3 Å². The predicted octanol–water partition coefficient (Wildman–Crippen LogP) is 5.72. The van der Waals surface area contributed by atoms with Crippen LogP contribution in [0.3, 0.4) is 0 Å². The maximum Gasteiger partial charge on any atom is 0.418 e. The Hall–Kier alpha value is -3.08. The van der Waals surface area contributed by atoms with Gasteiger partial charge >= 0.3 is 12.1 Å². The van der Waals surface area contributed by atoms with Crippen LogP contribution in [-0.4, -0.2) is 47.8 Å². The molecule has 0 amide bonds. The third kappa shape index (κ3) is 7.27. The number of hydrogen-bond acceptors (Lipinski definition) is 7. The molecule has 0 saturated heterocycles. The molecule has 210 valence electrons. The van der Waals surface area contributed by atoms with E-state index in [4.69, 9.17) is 21.3 Å². The van der Waals surface area contributed by atoms with Crippen LogP contribution in [0.4, 0.5) is 30.4 Å². The first-order valence-electron chi connectivity index (χ1n) is 13.0. The molecular weight excluding hydrogens is 499 g/mol. The van der Waals surface area contributed by atoms with Gasteiger partial charge in [-0.1, -0.05) is 19.8 Å². The molecule has 2 fully saturated rings. The topological polar surface area (TPSA) is 128 Å². The molecule has 4 rings (SSSR count). The van der Waals surface area contributed by atoms with Gasteiger partial charge in [-0.25, -0.2) is 4.98 Å². The smallest absolute Gasteiger partial charge is 0.418 e. The summed E-state index contributed by atoms with van der Waals surface area (Å²) in [5, 5.41) is 7.72. The third-order valence-electron chi connectivity index (χ3n) is 7.11. The summed E-state index contributed by atoms with van der Waals surface area (Å²) in [5.74, 6) is -0.765.